The molecule has 112 valence electrons. The zero-order valence-electron chi connectivity index (χ0n) is 12.9. The monoisotopic (exact) mass is 282 g/mol. The highest BCUT2D eigenvalue weighted by atomic mass is 15.2. The Hall–Kier alpha value is -1.54. The minimum absolute atomic E-state index is 0.802. The molecule has 1 aromatic carbocycles. The molecule has 0 saturated carbocycles. The van der Waals surface area contributed by atoms with E-state index in [2.05, 4.69) is 47.2 Å². The molecule has 0 atom stereocenters. The van der Waals surface area contributed by atoms with Crippen molar-refractivity contribution in [3.63, 3.8) is 0 Å². The van der Waals surface area contributed by atoms with Crippen molar-refractivity contribution in [2.24, 2.45) is 0 Å². The average molecular weight is 282 g/mol. The van der Waals surface area contributed by atoms with E-state index in [4.69, 9.17) is 0 Å². The summed E-state index contributed by atoms with van der Waals surface area (Å²) in [4.78, 5) is 5.15. The van der Waals surface area contributed by atoms with Crippen molar-refractivity contribution in [3.05, 3.63) is 48.6 Å². The number of rotatable bonds is 4. The van der Waals surface area contributed by atoms with Gasteiger partial charge in [-0.05, 0) is 56.0 Å². The molecule has 2 saturated heterocycles. The first kappa shape index (κ1) is 14.4. The molecule has 0 N–H and O–H groups in total. The summed E-state index contributed by atoms with van der Waals surface area (Å²) in [5, 5.41) is 0. The molecule has 2 aliphatic rings. The largest absolute Gasteiger partial charge is 0.371 e. The van der Waals surface area contributed by atoms with Crippen LogP contribution in [0.3, 0.4) is 0 Å². The van der Waals surface area contributed by atoms with Gasteiger partial charge in [0.25, 0.3) is 0 Å². The van der Waals surface area contributed by atoms with E-state index >= 15 is 0 Å². The predicted molar refractivity (Wildman–Crippen MR) is 91.0 cm³/mol. The van der Waals surface area contributed by atoms with Gasteiger partial charge >= 0.3 is 0 Å². The van der Waals surface area contributed by atoms with Gasteiger partial charge in [0, 0.05) is 24.8 Å². The number of piperidine rings is 1. The van der Waals surface area contributed by atoms with Crippen LogP contribution in [-0.4, -0.2) is 42.0 Å². The first-order chi connectivity index (χ1) is 10.3. The molecule has 2 heteroatoms. The molecule has 0 aliphatic carbocycles. The van der Waals surface area contributed by atoms with E-state index in [9.17, 15) is 0 Å². The van der Waals surface area contributed by atoms with Crippen molar-refractivity contribution >= 4 is 11.8 Å². The topological polar surface area (TPSA) is 6.48 Å². The van der Waals surface area contributed by atoms with Crippen LogP contribution in [0, 0.1) is 0 Å². The second kappa shape index (κ2) is 6.48. The van der Waals surface area contributed by atoms with E-state index in [-0.39, 0.29) is 0 Å². The lowest BCUT2D eigenvalue weighted by molar-refractivity contribution is 0.159. The molecule has 2 aliphatic heterocycles. The summed E-state index contributed by atoms with van der Waals surface area (Å²) < 4.78 is 0. The number of hydrogen-bond acceptors (Lipinski definition) is 2. The lowest BCUT2D eigenvalue weighted by atomic mass is 10.0. The Bertz CT molecular complexity index is 506. The van der Waals surface area contributed by atoms with Crippen LogP contribution >= 0.6 is 0 Å². The number of nitrogens with zero attached hydrogens (tertiary/aromatic N) is 2. The molecule has 0 amide bonds. The summed E-state index contributed by atoms with van der Waals surface area (Å²) >= 11 is 0. The van der Waals surface area contributed by atoms with Gasteiger partial charge in [-0.15, -0.1) is 0 Å². The van der Waals surface area contributed by atoms with Crippen molar-refractivity contribution in [2.45, 2.75) is 31.7 Å². The molecule has 1 aromatic rings. The Balaban J connectivity index is 1.60. The maximum absolute atomic E-state index is 4.32. The highest BCUT2D eigenvalue weighted by Gasteiger charge is 2.26. The smallest absolute Gasteiger partial charge is 0.0367 e. The minimum atomic E-state index is 0.802. The SMILES string of the molecule is C=Cc1cccc(C(=C)N2CCC(N3CCCC3)CC2)c1. The van der Waals surface area contributed by atoms with Gasteiger partial charge in [0.05, 0.1) is 0 Å². The van der Waals surface area contributed by atoms with Gasteiger partial charge in [0.1, 0.15) is 0 Å². The average Bonchev–Trinajstić information content (AvgIpc) is 3.09. The zero-order chi connectivity index (χ0) is 14.7. The first-order valence-corrected chi connectivity index (χ1v) is 8.19. The predicted octanol–water partition coefficient (Wildman–Crippen LogP) is 3.86. The minimum Gasteiger partial charge on any atom is -0.371 e. The quantitative estimate of drug-likeness (QED) is 0.827. The molecular formula is C19H26N2. The molecule has 21 heavy (non-hydrogen) atoms. The number of benzene rings is 1. The fraction of sp³-hybridized carbons (Fsp3) is 0.474. The van der Waals surface area contributed by atoms with Crippen molar-refractivity contribution in [2.75, 3.05) is 26.2 Å². The van der Waals surface area contributed by atoms with Crippen LogP contribution in [0.5, 0.6) is 0 Å². The van der Waals surface area contributed by atoms with Crippen molar-refractivity contribution < 1.29 is 0 Å². The maximum atomic E-state index is 4.32. The normalized spacial score (nSPS) is 20.7. The molecule has 2 heterocycles. The summed E-state index contributed by atoms with van der Waals surface area (Å²) in [5.74, 6) is 0. The summed E-state index contributed by atoms with van der Waals surface area (Å²) in [6.07, 6.45) is 7.24. The molecular weight excluding hydrogens is 256 g/mol. The van der Waals surface area contributed by atoms with Crippen LogP contribution in [0.15, 0.2) is 37.4 Å². The molecule has 2 nitrogen and oxygen atoms in total. The van der Waals surface area contributed by atoms with E-state index < -0.39 is 0 Å². The third kappa shape index (κ3) is 3.21. The third-order valence-corrected chi connectivity index (χ3v) is 4.96. The van der Waals surface area contributed by atoms with Gasteiger partial charge in [-0.3, -0.25) is 0 Å². The van der Waals surface area contributed by atoms with Crippen molar-refractivity contribution in [1.29, 1.82) is 0 Å². The number of hydrogen-bond donors (Lipinski definition) is 0. The summed E-state index contributed by atoms with van der Waals surface area (Å²) in [6.45, 7) is 13.1. The lowest BCUT2D eigenvalue weighted by Crippen LogP contribution is -2.43. The van der Waals surface area contributed by atoms with Gasteiger partial charge in [-0.2, -0.15) is 0 Å². The molecule has 3 rings (SSSR count). The molecule has 0 bridgehead atoms. The van der Waals surface area contributed by atoms with Crippen LogP contribution < -0.4 is 0 Å². The second-order valence-electron chi connectivity index (χ2n) is 6.24. The molecule has 0 spiro atoms. The Morgan fingerprint density at radius 1 is 1.10 bits per heavy atom. The first-order valence-electron chi connectivity index (χ1n) is 8.19. The number of likely N-dealkylation sites (tertiary alicyclic amines) is 2. The zero-order valence-corrected chi connectivity index (χ0v) is 12.9. The van der Waals surface area contributed by atoms with E-state index in [0.717, 1.165) is 19.1 Å². The highest BCUT2D eigenvalue weighted by Crippen LogP contribution is 2.26. The Morgan fingerprint density at radius 3 is 2.48 bits per heavy atom. The van der Waals surface area contributed by atoms with E-state index in [1.807, 2.05) is 6.08 Å². The summed E-state index contributed by atoms with van der Waals surface area (Å²) in [7, 11) is 0. The molecule has 0 unspecified atom stereocenters. The van der Waals surface area contributed by atoms with Gasteiger partial charge in [-0.1, -0.05) is 37.4 Å². The fourth-order valence-electron chi connectivity index (χ4n) is 3.64. The van der Waals surface area contributed by atoms with Crippen LogP contribution in [0.25, 0.3) is 11.8 Å². The van der Waals surface area contributed by atoms with Crippen LogP contribution in [0.4, 0.5) is 0 Å². The third-order valence-electron chi connectivity index (χ3n) is 4.96. The van der Waals surface area contributed by atoms with E-state index in [1.54, 1.807) is 0 Å². The van der Waals surface area contributed by atoms with Crippen LogP contribution in [0.2, 0.25) is 0 Å². The van der Waals surface area contributed by atoms with Crippen molar-refractivity contribution in [3.8, 4) is 0 Å². The summed E-state index contributed by atoms with van der Waals surface area (Å²) in [6, 6.07) is 9.32. The summed E-state index contributed by atoms with van der Waals surface area (Å²) in [5.41, 5.74) is 3.56. The van der Waals surface area contributed by atoms with E-state index in [0.29, 0.717) is 0 Å². The standard InChI is InChI=1S/C19H26N2/c1-3-17-7-6-8-18(15-17)16(2)20-13-9-19(10-14-20)21-11-4-5-12-21/h3,6-8,15,19H,1-2,4-5,9-14H2. The Kier molecular flexibility index (Phi) is 4.45. The van der Waals surface area contributed by atoms with Gasteiger partial charge in [0.2, 0.25) is 0 Å². The fourth-order valence-corrected chi connectivity index (χ4v) is 3.64. The van der Waals surface area contributed by atoms with Crippen LogP contribution in [0.1, 0.15) is 36.8 Å². The molecule has 2 fully saturated rings. The Labute approximate surface area is 128 Å². The highest BCUT2D eigenvalue weighted by molar-refractivity contribution is 5.65. The Morgan fingerprint density at radius 2 is 1.81 bits per heavy atom. The second-order valence-corrected chi connectivity index (χ2v) is 6.24. The lowest BCUT2D eigenvalue weighted by Gasteiger charge is -2.38. The van der Waals surface area contributed by atoms with Crippen LogP contribution in [-0.2, 0) is 0 Å². The van der Waals surface area contributed by atoms with Crippen molar-refractivity contribution in [1.82, 2.24) is 9.80 Å². The molecule has 0 aromatic heterocycles. The van der Waals surface area contributed by atoms with Gasteiger partial charge < -0.3 is 9.80 Å². The van der Waals surface area contributed by atoms with E-state index in [1.165, 1.54) is 55.6 Å². The maximum Gasteiger partial charge on any atom is 0.0367 e. The van der Waals surface area contributed by atoms with Gasteiger partial charge in [-0.25, -0.2) is 0 Å². The van der Waals surface area contributed by atoms with Gasteiger partial charge in [0.15, 0.2) is 0 Å². The molecule has 0 radical (unpaired) electrons.